The van der Waals surface area contributed by atoms with Crippen molar-refractivity contribution in [2.24, 2.45) is 0 Å². The molecule has 1 heterocycles. The second kappa shape index (κ2) is 11.5. The molecule has 9 heteroatoms. The minimum Gasteiger partial charge on any atom is -0.482 e. The molecule has 33 heavy (non-hydrogen) atoms. The van der Waals surface area contributed by atoms with Crippen LogP contribution in [0.25, 0.3) is 0 Å². The van der Waals surface area contributed by atoms with Crippen molar-refractivity contribution in [3.8, 4) is 5.75 Å². The van der Waals surface area contributed by atoms with Crippen molar-refractivity contribution in [3.05, 3.63) is 92.9 Å². The third kappa shape index (κ3) is 6.35. The van der Waals surface area contributed by atoms with Crippen LogP contribution in [0.15, 0.2) is 65.6 Å². The van der Waals surface area contributed by atoms with Crippen molar-refractivity contribution in [2.45, 2.75) is 26.0 Å². The van der Waals surface area contributed by atoms with Gasteiger partial charge < -0.3 is 29.8 Å². The first-order valence-electron chi connectivity index (χ1n) is 10.2. The molecule has 3 aromatic rings. The lowest BCUT2D eigenvalue weighted by molar-refractivity contribution is -0.111. The van der Waals surface area contributed by atoms with Gasteiger partial charge in [0.05, 0.1) is 6.54 Å². The van der Waals surface area contributed by atoms with Crippen LogP contribution in [-0.4, -0.2) is 31.0 Å². The number of nitrogens with zero attached hydrogens (tertiary/aromatic N) is 1. The number of ether oxygens (including phenoxy) is 3. The van der Waals surface area contributed by atoms with Gasteiger partial charge in [-0.1, -0.05) is 54.1 Å². The number of pyridine rings is 1. The van der Waals surface area contributed by atoms with E-state index in [9.17, 15) is 9.59 Å². The Morgan fingerprint density at radius 2 is 1.79 bits per heavy atom. The molecule has 0 spiro atoms. The van der Waals surface area contributed by atoms with Gasteiger partial charge in [-0.15, -0.1) is 0 Å². The van der Waals surface area contributed by atoms with Gasteiger partial charge in [0.1, 0.15) is 12.3 Å². The molecule has 0 atom stereocenters. The van der Waals surface area contributed by atoms with E-state index in [-0.39, 0.29) is 36.8 Å². The summed E-state index contributed by atoms with van der Waals surface area (Å²) in [5.41, 5.74) is 6.99. The highest BCUT2D eigenvalue weighted by molar-refractivity contribution is 6.30. The minimum absolute atomic E-state index is 0.0197. The number of aromatic nitrogens is 1. The van der Waals surface area contributed by atoms with E-state index in [1.807, 2.05) is 36.4 Å². The summed E-state index contributed by atoms with van der Waals surface area (Å²) in [6.07, 6.45) is 0.713. The fourth-order valence-electron chi connectivity index (χ4n) is 3.22. The molecular formula is C24H26ClN3O5. The zero-order valence-corrected chi connectivity index (χ0v) is 19.2. The Bertz CT molecular complexity index is 1150. The molecule has 0 aliphatic rings. The predicted octanol–water partition coefficient (Wildman–Crippen LogP) is 3.21. The fourth-order valence-corrected chi connectivity index (χ4v) is 3.43. The maximum atomic E-state index is 13.3. The van der Waals surface area contributed by atoms with Gasteiger partial charge in [0.15, 0.2) is 17.7 Å². The normalized spacial score (nSPS) is 10.9. The molecule has 0 radical (unpaired) electrons. The van der Waals surface area contributed by atoms with Crippen molar-refractivity contribution >= 4 is 23.2 Å². The van der Waals surface area contributed by atoms with E-state index in [0.717, 1.165) is 11.1 Å². The minimum atomic E-state index is -0.673. The number of carbonyl (C=O) groups excluding carboxylic acids is 1. The highest BCUT2D eigenvalue weighted by Gasteiger charge is 2.24. The summed E-state index contributed by atoms with van der Waals surface area (Å²) in [4.78, 5) is 26.2. The third-order valence-electron chi connectivity index (χ3n) is 4.92. The van der Waals surface area contributed by atoms with Crippen LogP contribution in [0.4, 0.5) is 5.69 Å². The van der Waals surface area contributed by atoms with E-state index in [1.165, 1.54) is 25.0 Å². The van der Waals surface area contributed by atoms with Crippen molar-refractivity contribution in [1.82, 2.24) is 9.88 Å². The molecular weight excluding hydrogens is 446 g/mol. The first-order chi connectivity index (χ1) is 15.9. The highest BCUT2D eigenvalue weighted by Crippen LogP contribution is 2.20. The Morgan fingerprint density at radius 1 is 1.09 bits per heavy atom. The third-order valence-corrected chi connectivity index (χ3v) is 5.16. The number of anilines is 1. The van der Waals surface area contributed by atoms with Gasteiger partial charge in [0.25, 0.3) is 5.91 Å². The predicted molar refractivity (Wildman–Crippen MR) is 126 cm³/mol. The Morgan fingerprint density at radius 3 is 2.45 bits per heavy atom. The number of hydrogen-bond acceptors (Lipinski definition) is 6. The molecule has 2 aromatic carbocycles. The maximum absolute atomic E-state index is 13.3. The van der Waals surface area contributed by atoms with Gasteiger partial charge in [-0.2, -0.15) is 0 Å². The lowest BCUT2D eigenvalue weighted by Gasteiger charge is -2.21. The van der Waals surface area contributed by atoms with Gasteiger partial charge in [-0.3, -0.25) is 9.59 Å². The van der Waals surface area contributed by atoms with E-state index in [2.05, 4.69) is 5.32 Å². The molecule has 174 valence electrons. The fraction of sp³-hybridized carbons (Fsp3) is 0.250. The number of rotatable bonds is 10. The topological polar surface area (TPSA) is 105 Å². The van der Waals surface area contributed by atoms with Crippen LogP contribution in [0, 0.1) is 0 Å². The van der Waals surface area contributed by atoms with Crippen LogP contribution in [0.5, 0.6) is 5.75 Å². The quantitative estimate of drug-likeness (QED) is 0.440. The van der Waals surface area contributed by atoms with Crippen molar-refractivity contribution < 1.29 is 19.0 Å². The molecule has 0 saturated carbocycles. The number of hydrogen-bond donors (Lipinski definition) is 2. The Kier molecular flexibility index (Phi) is 8.48. The molecule has 3 rings (SSSR count). The SMILES string of the molecule is COC(Cn1cc(N)c(=O)c(OCc2ccccc2)c1C(=O)NCc1cccc(Cl)c1)OC. The monoisotopic (exact) mass is 471 g/mol. The van der Waals surface area contributed by atoms with E-state index < -0.39 is 17.6 Å². The van der Waals surface area contributed by atoms with Crippen LogP contribution in [0.3, 0.4) is 0 Å². The van der Waals surface area contributed by atoms with E-state index in [4.69, 9.17) is 31.5 Å². The molecule has 8 nitrogen and oxygen atoms in total. The van der Waals surface area contributed by atoms with Crippen molar-refractivity contribution in [2.75, 3.05) is 20.0 Å². The van der Waals surface area contributed by atoms with Gasteiger partial charge in [0, 0.05) is 32.0 Å². The zero-order valence-electron chi connectivity index (χ0n) is 18.4. The van der Waals surface area contributed by atoms with Crippen LogP contribution < -0.4 is 21.2 Å². The number of halogens is 1. The number of nitrogen functional groups attached to an aromatic ring is 1. The average molecular weight is 472 g/mol. The van der Waals surface area contributed by atoms with Crippen LogP contribution in [0.1, 0.15) is 21.6 Å². The molecule has 0 fully saturated rings. The molecule has 1 aromatic heterocycles. The average Bonchev–Trinajstić information content (AvgIpc) is 2.82. The lowest BCUT2D eigenvalue weighted by atomic mass is 10.2. The van der Waals surface area contributed by atoms with Crippen LogP contribution in [0.2, 0.25) is 5.02 Å². The van der Waals surface area contributed by atoms with Crippen LogP contribution >= 0.6 is 11.6 Å². The lowest BCUT2D eigenvalue weighted by Crippen LogP contribution is -2.33. The number of nitrogens with two attached hydrogens (primary N) is 1. The summed E-state index contributed by atoms with van der Waals surface area (Å²) in [6, 6.07) is 16.4. The van der Waals surface area contributed by atoms with Gasteiger partial charge in [-0.05, 0) is 23.3 Å². The number of nitrogens with one attached hydrogen (secondary N) is 1. The molecule has 0 aliphatic carbocycles. The molecule has 0 bridgehead atoms. The summed E-state index contributed by atoms with van der Waals surface area (Å²) in [5, 5.41) is 3.37. The summed E-state index contributed by atoms with van der Waals surface area (Å²) < 4.78 is 17.9. The number of methoxy groups -OCH3 is 2. The largest absolute Gasteiger partial charge is 0.482 e. The Balaban J connectivity index is 1.97. The summed E-state index contributed by atoms with van der Waals surface area (Å²) in [7, 11) is 2.96. The van der Waals surface area contributed by atoms with Gasteiger partial charge >= 0.3 is 0 Å². The van der Waals surface area contributed by atoms with Crippen molar-refractivity contribution in [1.29, 1.82) is 0 Å². The maximum Gasteiger partial charge on any atom is 0.272 e. The molecule has 0 unspecified atom stereocenters. The van der Waals surface area contributed by atoms with Gasteiger partial charge in [0.2, 0.25) is 5.43 Å². The van der Waals surface area contributed by atoms with E-state index in [1.54, 1.807) is 18.2 Å². The van der Waals surface area contributed by atoms with E-state index in [0.29, 0.717) is 5.02 Å². The number of amides is 1. The Hall–Kier alpha value is -3.33. The summed E-state index contributed by atoms with van der Waals surface area (Å²) in [6.45, 7) is 0.402. The second-order valence-electron chi connectivity index (χ2n) is 7.23. The van der Waals surface area contributed by atoms with Crippen molar-refractivity contribution in [3.63, 3.8) is 0 Å². The molecule has 1 amide bonds. The summed E-state index contributed by atoms with van der Waals surface area (Å²) >= 11 is 6.03. The molecule has 0 saturated heterocycles. The first-order valence-corrected chi connectivity index (χ1v) is 10.6. The zero-order chi connectivity index (χ0) is 23.8. The second-order valence-corrected chi connectivity index (χ2v) is 7.67. The number of benzene rings is 2. The Labute approximate surface area is 196 Å². The van der Waals surface area contributed by atoms with E-state index >= 15 is 0 Å². The van der Waals surface area contributed by atoms with Gasteiger partial charge in [-0.25, -0.2) is 0 Å². The smallest absolute Gasteiger partial charge is 0.272 e. The van der Waals surface area contributed by atoms with Crippen LogP contribution in [-0.2, 0) is 29.2 Å². The summed E-state index contributed by atoms with van der Waals surface area (Å²) in [5.74, 6) is -0.658. The number of carbonyl (C=O) groups is 1. The highest BCUT2D eigenvalue weighted by atomic mass is 35.5. The molecule has 0 aliphatic heterocycles. The standard InChI is InChI=1S/C24H26ClN3O5/c1-31-20(32-2)14-28-13-19(26)22(29)23(33-15-16-7-4-3-5-8-16)21(28)24(30)27-12-17-9-6-10-18(25)11-17/h3-11,13,20H,12,14-15,26H2,1-2H3,(H,27,30). The first kappa shape index (κ1) is 24.3. The molecule has 3 N–H and O–H groups in total.